The predicted molar refractivity (Wildman–Crippen MR) is 89.8 cm³/mol. The molecule has 5 nitrogen and oxygen atoms in total. The van der Waals surface area contributed by atoms with Crippen LogP contribution >= 0.6 is 0 Å². The molecule has 0 aromatic heterocycles. The van der Waals surface area contributed by atoms with Gasteiger partial charge in [-0.2, -0.15) is 0 Å². The van der Waals surface area contributed by atoms with E-state index in [4.69, 9.17) is 0 Å². The lowest BCUT2D eigenvalue weighted by Gasteiger charge is -2.26. The van der Waals surface area contributed by atoms with E-state index in [9.17, 15) is 13.2 Å². The number of nitrogens with zero attached hydrogens (tertiary/aromatic N) is 1. The maximum atomic E-state index is 12.2. The van der Waals surface area contributed by atoms with Crippen LogP contribution in [0.3, 0.4) is 0 Å². The second kappa shape index (κ2) is 6.84. The van der Waals surface area contributed by atoms with E-state index < -0.39 is 15.9 Å². The van der Waals surface area contributed by atoms with Crippen molar-refractivity contribution in [3.8, 4) is 0 Å². The van der Waals surface area contributed by atoms with E-state index in [2.05, 4.69) is 10.2 Å². The second-order valence-electron chi connectivity index (χ2n) is 6.27. The Morgan fingerprint density at radius 1 is 1.13 bits per heavy atom. The molecule has 3 rings (SSSR count). The summed E-state index contributed by atoms with van der Waals surface area (Å²) in [5, 5.41) is 3.90. The van der Waals surface area contributed by atoms with Crippen LogP contribution in [0.2, 0.25) is 0 Å². The Kier molecular flexibility index (Phi) is 4.82. The van der Waals surface area contributed by atoms with E-state index in [0.717, 1.165) is 19.6 Å². The molecule has 1 atom stereocenters. The molecule has 2 heterocycles. The number of rotatable bonds is 4. The van der Waals surface area contributed by atoms with Gasteiger partial charge in [-0.3, -0.25) is 9.69 Å². The fourth-order valence-electron chi connectivity index (χ4n) is 3.05. The van der Waals surface area contributed by atoms with Crippen LogP contribution < -0.4 is 5.32 Å². The Bertz CT molecular complexity index is 689. The van der Waals surface area contributed by atoms with Crippen LogP contribution in [-0.4, -0.2) is 44.1 Å². The number of sulfone groups is 1. The lowest BCUT2D eigenvalue weighted by Crippen LogP contribution is -2.35. The van der Waals surface area contributed by atoms with Crippen molar-refractivity contribution in [2.75, 3.05) is 18.8 Å². The molecule has 0 bridgehead atoms. The van der Waals surface area contributed by atoms with Gasteiger partial charge in [0.25, 0.3) is 5.91 Å². The molecule has 6 heteroatoms. The summed E-state index contributed by atoms with van der Waals surface area (Å²) < 4.78 is 22.7. The first kappa shape index (κ1) is 16.2. The number of carbonyl (C=O) groups is 1. The van der Waals surface area contributed by atoms with Gasteiger partial charge in [0, 0.05) is 17.5 Å². The molecule has 0 unspecified atom stereocenters. The minimum atomic E-state index is -3.15. The Labute approximate surface area is 137 Å². The summed E-state index contributed by atoms with van der Waals surface area (Å²) in [4.78, 5) is 14.6. The van der Waals surface area contributed by atoms with Crippen molar-refractivity contribution in [3.05, 3.63) is 46.9 Å². The Hall–Kier alpha value is -1.66. The van der Waals surface area contributed by atoms with Crippen molar-refractivity contribution in [2.45, 2.75) is 31.8 Å². The van der Waals surface area contributed by atoms with Crippen LogP contribution in [0, 0.1) is 0 Å². The first-order valence-corrected chi connectivity index (χ1v) is 9.76. The molecule has 1 fully saturated rings. The van der Waals surface area contributed by atoms with E-state index in [-0.39, 0.29) is 11.7 Å². The smallest absolute Gasteiger partial charge is 0.251 e. The highest BCUT2D eigenvalue weighted by Gasteiger charge is 2.23. The van der Waals surface area contributed by atoms with Crippen LogP contribution in [0.1, 0.15) is 35.2 Å². The molecule has 0 spiro atoms. The minimum Gasteiger partial charge on any atom is -0.345 e. The van der Waals surface area contributed by atoms with Crippen LogP contribution in [0.25, 0.3) is 0 Å². The molecule has 23 heavy (non-hydrogen) atoms. The van der Waals surface area contributed by atoms with Crippen molar-refractivity contribution in [2.24, 2.45) is 0 Å². The van der Waals surface area contributed by atoms with Crippen LogP contribution in [-0.2, 0) is 16.4 Å². The predicted octanol–water partition coefficient (Wildman–Crippen LogP) is 1.71. The molecule has 124 valence electrons. The monoisotopic (exact) mass is 334 g/mol. The van der Waals surface area contributed by atoms with Crippen LogP contribution in [0.5, 0.6) is 0 Å². The van der Waals surface area contributed by atoms with Gasteiger partial charge in [-0.25, -0.2) is 8.42 Å². The van der Waals surface area contributed by atoms with Crippen LogP contribution in [0.4, 0.5) is 0 Å². The standard InChI is InChI=1S/C17H22N2O3S/c20-17(18-16-8-11-23(21,22)13-16)15-6-4-14(5-7-15)12-19-9-2-1-3-10-19/h4-8,11,16H,1-3,9-10,12-13H2,(H,18,20)/t16-/m1/s1. The molecule has 1 aromatic rings. The van der Waals surface area contributed by atoms with E-state index in [1.165, 1.54) is 36.3 Å². The van der Waals surface area contributed by atoms with Crippen molar-refractivity contribution >= 4 is 15.7 Å². The third kappa shape index (κ3) is 4.42. The summed E-state index contributed by atoms with van der Waals surface area (Å²) in [7, 11) is -3.15. The SMILES string of the molecule is O=C(N[C@@H]1C=CS(=O)(=O)C1)c1ccc(CN2CCCCC2)cc1. The highest BCUT2D eigenvalue weighted by Crippen LogP contribution is 2.14. The summed E-state index contributed by atoms with van der Waals surface area (Å²) >= 11 is 0. The van der Waals surface area contributed by atoms with E-state index in [1.54, 1.807) is 0 Å². The lowest BCUT2D eigenvalue weighted by molar-refractivity contribution is 0.0947. The minimum absolute atomic E-state index is 0.0498. The second-order valence-corrected chi connectivity index (χ2v) is 8.20. The number of hydrogen-bond donors (Lipinski definition) is 1. The Morgan fingerprint density at radius 2 is 1.83 bits per heavy atom. The van der Waals surface area contributed by atoms with Gasteiger partial charge in [0.05, 0.1) is 11.8 Å². The molecule has 2 aliphatic heterocycles. The highest BCUT2D eigenvalue weighted by molar-refractivity contribution is 7.94. The van der Waals surface area contributed by atoms with E-state index in [0.29, 0.717) is 5.56 Å². The Balaban J connectivity index is 1.56. The zero-order chi connectivity index (χ0) is 16.3. The zero-order valence-electron chi connectivity index (χ0n) is 13.1. The summed E-state index contributed by atoms with van der Waals surface area (Å²) in [5.74, 6) is -0.285. The van der Waals surface area contributed by atoms with Gasteiger partial charge in [0.15, 0.2) is 9.84 Å². The summed E-state index contributed by atoms with van der Waals surface area (Å²) in [6.07, 6.45) is 5.37. The largest absolute Gasteiger partial charge is 0.345 e. The molecule has 1 saturated heterocycles. The van der Waals surface area contributed by atoms with Crippen molar-refractivity contribution in [1.82, 2.24) is 10.2 Å². The normalized spacial score (nSPS) is 23.7. The molecule has 0 aliphatic carbocycles. The number of carbonyl (C=O) groups excluding carboxylic acids is 1. The maximum absolute atomic E-state index is 12.2. The fraction of sp³-hybridized carbons (Fsp3) is 0.471. The first-order chi connectivity index (χ1) is 11.0. The Morgan fingerprint density at radius 3 is 2.43 bits per heavy atom. The average Bonchev–Trinajstić information content (AvgIpc) is 2.88. The number of nitrogens with one attached hydrogen (secondary N) is 1. The molecule has 0 radical (unpaired) electrons. The summed E-state index contributed by atoms with van der Waals surface area (Å²) in [6, 6.07) is 7.14. The lowest BCUT2D eigenvalue weighted by atomic mass is 10.1. The van der Waals surface area contributed by atoms with Crippen molar-refractivity contribution in [3.63, 3.8) is 0 Å². The third-order valence-electron chi connectivity index (χ3n) is 4.32. The maximum Gasteiger partial charge on any atom is 0.251 e. The van der Waals surface area contributed by atoms with Gasteiger partial charge in [-0.1, -0.05) is 18.6 Å². The topological polar surface area (TPSA) is 66.5 Å². The van der Waals surface area contributed by atoms with Gasteiger partial charge in [-0.05, 0) is 49.7 Å². The van der Waals surface area contributed by atoms with Gasteiger partial charge in [-0.15, -0.1) is 0 Å². The van der Waals surface area contributed by atoms with Gasteiger partial charge >= 0.3 is 0 Å². The number of benzene rings is 1. The van der Waals surface area contributed by atoms with E-state index in [1.807, 2.05) is 24.3 Å². The van der Waals surface area contributed by atoms with Crippen LogP contribution in [0.15, 0.2) is 35.7 Å². The average molecular weight is 334 g/mol. The molecular weight excluding hydrogens is 312 g/mol. The third-order valence-corrected chi connectivity index (χ3v) is 5.71. The number of likely N-dealkylation sites (tertiary alicyclic amines) is 1. The first-order valence-electron chi connectivity index (χ1n) is 8.05. The molecule has 2 aliphatic rings. The number of piperidine rings is 1. The zero-order valence-corrected chi connectivity index (χ0v) is 13.9. The number of amides is 1. The molecule has 1 aromatic carbocycles. The number of hydrogen-bond acceptors (Lipinski definition) is 4. The van der Waals surface area contributed by atoms with Gasteiger partial charge < -0.3 is 5.32 Å². The summed E-state index contributed by atoms with van der Waals surface area (Å²) in [6.45, 7) is 3.21. The van der Waals surface area contributed by atoms with Gasteiger partial charge in [0.2, 0.25) is 0 Å². The fourth-order valence-corrected chi connectivity index (χ4v) is 4.29. The molecule has 1 amide bonds. The molecule has 0 saturated carbocycles. The quantitative estimate of drug-likeness (QED) is 0.910. The molecular formula is C17H22N2O3S. The van der Waals surface area contributed by atoms with Gasteiger partial charge in [0.1, 0.15) is 0 Å². The molecule has 1 N–H and O–H groups in total. The van der Waals surface area contributed by atoms with Crippen molar-refractivity contribution in [1.29, 1.82) is 0 Å². The van der Waals surface area contributed by atoms with Crippen molar-refractivity contribution < 1.29 is 13.2 Å². The summed E-state index contributed by atoms with van der Waals surface area (Å²) in [5.41, 5.74) is 1.76. The highest BCUT2D eigenvalue weighted by atomic mass is 32.2. The van der Waals surface area contributed by atoms with E-state index >= 15 is 0 Å².